The topological polar surface area (TPSA) is 74.8 Å². The molecule has 0 saturated carbocycles. The zero-order valence-electron chi connectivity index (χ0n) is 15.6. The van der Waals surface area contributed by atoms with Gasteiger partial charge in [-0.3, -0.25) is 14.6 Å². The first-order chi connectivity index (χ1) is 13.0. The van der Waals surface area contributed by atoms with Crippen LogP contribution in [0.5, 0.6) is 5.75 Å². The van der Waals surface area contributed by atoms with Crippen molar-refractivity contribution >= 4 is 23.7 Å². The molecule has 1 saturated heterocycles. The van der Waals surface area contributed by atoms with Crippen molar-refractivity contribution < 1.29 is 14.3 Å². The molecule has 0 aliphatic carbocycles. The molecule has 0 unspecified atom stereocenters. The van der Waals surface area contributed by atoms with Crippen LogP contribution in [0.4, 0.5) is 11.4 Å². The zero-order valence-corrected chi connectivity index (χ0v) is 15.6. The van der Waals surface area contributed by atoms with E-state index in [-0.39, 0.29) is 12.0 Å². The number of nitrogens with zero attached hydrogens (tertiary/aromatic N) is 3. The summed E-state index contributed by atoms with van der Waals surface area (Å²) in [6.07, 6.45) is 4.20. The first kappa shape index (κ1) is 18.7. The zero-order chi connectivity index (χ0) is 19.2. The van der Waals surface area contributed by atoms with Gasteiger partial charge in [-0.1, -0.05) is 0 Å². The minimum atomic E-state index is -0.0719. The molecule has 1 aromatic carbocycles. The smallest absolute Gasteiger partial charge is 0.255 e. The summed E-state index contributed by atoms with van der Waals surface area (Å²) in [6, 6.07) is 9.43. The van der Waals surface area contributed by atoms with Gasteiger partial charge in [0.2, 0.25) is 6.41 Å². The lowest BCUT2D eigenvalue weighted by Crippen LogP contribution is -2.48. The lowest BCUT2D eigenvalue weighted by molar-refractivity contribution is -0.119. The van der Waals surface area contributed by atoms with Crippen molar-refractivity contribution in [3.8, 4) is 5.75 Å². The fourth-order valence-electron chi connectivity index (χ4n) is 2.89. The number of rotatable bonds is 6. The minimum absolute atomic E-state index is 0.0719. The van der Waals surface area contributed by atoms with Crippen molar-refractivity contribution in [2.45, 2.75) is 20.0 Å². The van der Waals surface area contributed by atoms with E-state index in [9.17, 15) is 9.59 Å². The van der Waals surface area contributed by atoms with Crippen molar-refractivity contribution in [2.75, 3.05) is 31.5 Å². The minimum Gasteiger partial charge on any atom is -0.491 e. The number of anilines is 2. The van der Waals surface area contributed by atoms with E-state index >= 15 is 0 Å². The van der Waals surface area contributed by atoms with Crippen LogP contribution in [0.1, 0.15) is 24.2 Å². The highest BCUT2D eigenvalue weighted by atomic mass is 16.5. The number of aromatic nitrogens is 1. The molecule has 142 valence electrons. The number of carbonyl (C=O) groups excluding carboxylic acids is 2. The van der Waals surface area contributed by atoms with E-state index in [1.807, 2.05) is 38.1 Å². The van der Waals surface area contributed by atoms with Gasteiger partial charge in [0.05, 0.1) is 23.6 Å². The van der Waals surface area contributed by atoms with E-state index in [0.717, 1.165) is 23.5 Å². The average molecular weight is 368 g/mol. The van der Waals surface area contributed by atoms with Crippen LogP contribution in [0.2, 0.25) is 0 Å². The summed E-state index contributed by atoms with van der Waals surface area (Å²) in [7, 11) is 0. The number of hydrogen-bond acceptors (Lipinski definition) is 5. The fraction of sp³-hybridized carbons (Fsp3) is 0.350. The van der Waals surface area contributed by atoms with Crippen LogP contribution in [0, 0.1) is 0 Å². The molecule has 7 heteroatoms. The number of piperazine rings is 1. The summed E-state index contributed by atoms with van der Waals surface area (Å²) in [5.41, 5.74) is 2.15. The van der Waals surface area contributed by atoms with Crippen LogP contribution in [0.25, 0.3) is 0 Å². The van der Waals surface area contributed by atoms with Gasteiger partial charge in [-0.15, -0.1) is 0 Å². The fourth-order valence-corrected chi connectivity index (χ4v) is 2.89. The molecule has 0 bridgehead atoms. The van der Waals surface area contributed by atoms with Crippen LogP contribution >= 0.6 is 0 Å². The van der Waals surface area contributed by atoms with E-state index in [0.29, 0.717) is 31.7 Å². The number of benzene rings is 1. The normalized spacial score (nSPS) is 14.2. The number of pyridine rings is 1. The van der Waals surface area contributed by atoms with Gasteiger partial charge in [0.15, 0.2) is 0 Å². The summed E-state index contributed by atoms with van der Waals surface area (Å²) in [5.74, 6) is 0.740. The lowest BCUT2D eigenvalue weighted by atomic mass is 10.2. The van der Waals surface area contributed by atoms with E-state index in [1.165, 1.54) is 0 Å². The molecule has 0 atom stereocenters. The Kier molecular flexibility index (Phi) is 5.90. The quantitative estimate of drug-likeness (QED) is 0.793. The molecule has 27 heavy (non-hydrogen) atoms. The number of ether oxygens (including phenoxy) is 1. The highest BCUT2D eigenvalue weighted by molar-refractivity contribution is 5.95. The Hall–Kier alpha value is -3.09. The molecule has 7 nitrogen and oxygen atoms in total. The van der Waals surface area contributed by atoms with Crippen molar-refractivity contribution in [1.82, 2.24) is 14.8 Å². The molecule has 2 heterocycles. The van der Waals surface area contributed by atoms with Gasteiger partial charge in [-0.2, -0.15) is 0 Å². The summed E-state index contributed by atoms with van der Waals surface area (Å²) in [5, 5.41) is 3.26. The van der Waals surface area contributed by atoms with Crippen molar-refractivity contribution in [2.24, 2.45) is 0 Å². The van der Waals surface area contributed by atoms with Gasteiger partial charge in [0.25, 0.3) is 5.91 Å². The number of hydrogen-bond donors (Lipinski definition) is 1. The third-order valence-corrected chi connectivity index (χ3v) is 4.25. The molecule has 1 N–H and O–H groups in total. The van der Waals surface area contributed by atoms with Gasteiger partial charge < -0.3 is 19.9 Å². The van der Waals surface area contributed by atoms with Gasteiger partial charge >= 0.3 is 0 Å². The summed E-state index contributed by atoms with van der Waals surface area (Å²) in [6.45, 7) is 6.16. The lowest BCUT2D eigenvalue weighted by Gasteiger charge is -2.32. The summed E-state index contributed by atoms with van der Waals surface area (Å²) in [4.78, 5) is 31.1. The third kappa shape index (κ3) is 4.97. The second kappa shape index (κ2) is 8.53. The molecule has 1 aliphatic rings. The number of carbonyl (C=O) groups is 2. The molecule has 0 spiro atoms. The van der Waals surface area contributed by atoms with E-state index < -0.39 is 0 Å². The van der Waals surface area contributed by atoms with Crippen molar-refractivity contribution in [1.29, 1.82) is 0 Å². The average Bonchev–Trinajstić information content (AvgIpc) is 2.69. The number of nitrogens with one attached hydrogen (secondary N) is 1. The second-order valence-electron chi connectivity index (χ2n) is 6.71. The Labute approximate surface area is 158 Å². The van der Waals surface area contributed by atoms with Crippen LogP contribution in [0.3, 0.4) is 0 Å². The summed E-state index contributed by atoms with van der Waals surface area (Å²) < 4.78 is 5.64. The van der Waals surface area contributed by atoms with Crippen LogP contribution in [-0.4, -0.2) is 59.4 Å². The Morgan fingerprint density at radius 1 is 1.11 bits per heavy atom. The second-order valence-corrected chi connectivity index (χ2v) is 6.71. The van der Waals surface area contributed by atoms with Gasteiger partial charge in [-0.25, -0.2) is 0 Å². The third-order valence-electron chi connectivity index (χ3n) is 4.25. The molecule has 2 amide bonds. The molecule has 3 rings (SSSR count). The highest BCUT2D eigenvalue weighted by Gasteiger charge is 2.21. The van der Waals surface area contributed by atoms with Crippen molar-refractivity contribution in [3.63, 3.8) is 0 Å². The standard InChI is InChI=1S/C20H24N4O3/c1-15(2)27-19-5-3-17(4-6-19)22-18-11-16(12-21-13-18)20(26)24-9-7-23(14-25)8-10-24/h3-6,11-15,22H,7-10H2,1-2H3. The maximum absolute atomic E-state index is 12.7. The molecule has 1 aliphatic heterocycles. The highest BCUT2D eigenvalue weighted by Crippen LogP contribution is 2.21. The molecular weight excluding hydrogens is 344 g/mol. The Morgan fingerprint density at radius 2 is 1.81 bits per heavy atom. The van der Waals surface area contributed by atoms with Crippen molar-refractivity contribution in [3.05, 3.63) is 48.3 Å². The van der Waals surface area contributed by atoms with Crippen LogP contribution < -0.4 is 10.1 Å². The maximum Gasteiger partial charge on any atom is 0.255 e. The van der Waals surface area contributed by atoms with Gasteiger partial charge in [0.1, 0.15) is 5.75 Å². The molecule has 0 radical (unpaired) electrons. The monoisotopic (exact) mass is 368 g/mol. The molecule has 1 fully saturated rings. The largest absolute Gasteiger partial charge is 0.491 e. The van der Waals surface area contributed by atoms with E-state index in [4.69, 9.17) is 4.74 Å². The first-order valence-electron chi connectivity index (χ1n) is 9.02. The molecule has 1 aromatic heterocycles. The predicted molar refractivity (Wildman–Crippen MR) is 103 cm³/mol. The SMILES string of the molecule is CC(C)Oc1ccc(Nc2cncc(C(=O)N3CCN(C=O)CC3)c2)cc1. The van der Waals surface area contributed by atoms with Crippen LogP contribution in [-0.2, 0) is 4.79 Å². The molecule has 2 aromatic rings. The molecular formula is C20H24N4O3. The van der Waals surface area contributed by atoms with E-state index in [2.05, 4.69) is 10.3 Å². The van der Waals surface area contributed by atoms with Crippen LogP contribution in [0.15, 0.2) is 42.7 Å². The number of amides is 2. The predicted octanol–water partition coefficient (Wildman–Crippen LogP) is 2.53. The maximum atomic E-state index is 12.7. The summed E-state index contributed by atoms with van der Waals surface area (Å²) >= 11 is 0. The Bertz CT molecular complexity index is 784. The van der Waals surface area contributed by atoms with Gasteiger partial charge in [0, 0.05) is 38.1 Å². The first-order valence-corrected chi connectivity index (χ1v) is 9.02. The Balaban J connectivity index is 1.65. The Morgan fingerprint density at radius 3 is 2.44 bits per heavy atom. The van der Waals surface area contributed by atoms with E-state index in [1.54, 1.807) is 28.3 Å². The van der Waals surface area contributed by atoms with Gasteiger partial charge in [-0.05, 0) is 44.2 Å².